The minimum Gasteiger partial charge on any atom is -0.356 e. The van der Waals surface area contributed by atoms with Crippen molar-refractivity contribution >= 4 is 11.8 Å². The molecule has 1 unspecified atom stereocenters. The van der Waals surface area contributed by atoms with Crippen molar-refractivity contribution in [3.8, 4) is 0 Å². The Morgan fingerprint density at radius 3 is 2.43 bits per heavy atom. The molecule has 0 aromatic carbocycles. The van der Waals surface area contributed by atoms with Crippen molar-refractivity contribution in [2.24, 2.45) is 5.92 Å². The van der Waals surface area contributed by atoms with E-state index in [9.17, 15) is 9.59 Å². The summed E-state index contributed by atoms with van der Waals surface area (Å²) in [5, 5.41) is 2.99. The lowest BCUT2D eigenvalue weighted by atomic mass is 9.95. The number of hydrogen-bond donors (Lipinski definition) is 1. The van der Waals surface area contributed by atoms with Gasteiger partial charge in [-0.15, -0.1) is 0 Å². The average Bonchev–Trinajstić information content (AvgIpc) is 2.82. The van der Waals surface area contributed by atoms with E-state index in [2.05, 4.69) is 17.3 Å². The third kappa shape index (κ3) is 6.90. The molecule has 2 fully saturated rings. The van der Waals surface area contributed by atoms with E-state index in [4.69, 9.17) is 0 Å². The van der Waals surface area contributed by atoms with Crippen LogP contribution in [-0.2, 0) is 9.59 Å². The highest BCUT2D eigenvalue weighted by Crippen LogP contribution is 2.17. The lowest BCUT2D eigenvalue weighted by molar-refractivity contribution is -0.133. The number of nitrogens with zero attached hydrogens (tertiary/aromatic N) is 2. The molecule has 0 bridgehead atoms. The Bertz CT molecular complexity index is 378. The maximum Gasteiger partial charge on any atom is 0.223 e. The van der Waals surface area contributed by atoms with Crippen molar-refractivity contribution in [2.45, 2.75) is 57.8 Å². The SMILES string of the molecule is CN1CCCC(CCNC(=O)CCC(=O)N2CCCCCC2)C1. The molecular weight excluding hydrogens is 290 g/mol. The van der Waals surface area contributed by atoms with Gasteiger partial charge in [-0.2, -0.15) is 0 Å². The molecule has 5 nitrogen and oxygen atoms in total. The number of carbonyl (C=O) groups is 2. The van der Waals surface area contributed by atoms with Gasteiger partial charge in [-0.3, -0.25) is 9.59 Å². The number of carbonyl (C=O) groups excluding carboxylic acids is 2. The summed E-state index contributed by atoms with van der Waals surface area (Å²) >= 11 is 0. The largest absolute Gasteiger partial charge is 0.356 e. The van der Waals surface area contributed by atoms with Gasteiger partial charge >= 0.3 is 0 Å². The molecule has 0 aromatic rings. The van der Waals surface area contributed by atoms with Crippen LogP contribution in [-0.4, -0.2) is 61.4 Å². The van der Waals surface area contributed by atoms with Gasteiger partial charge in [0.15, 0.2) is 0 Å². The summed E-state index contributed by atoms with van der Waals surface area (Å²) in [6.45, 7) is 4.82. The molecule has 23 heavy (non-hydrogen) atoms. The molecular formula is C18H33N3O2. The summed E-state index contributed by atoms with van der Waals surface area (Å²) in [6.07, 6.45) is 8.93. The van der Waals surface area contributed by atoms with Crippen LogP contribution in [0.2, 0.25) is 0 Å². The second-order valence-electron chi connectivity index (χ2n) is 7.20. The summed E-state index contributed by atoms with van der Waals surface area (Å²) in [5.74, 6) is 0.876. The van der Waals surface area contributed by atoms with Crippen LogP contribution >= 0.6 is 0 Å². The lowest BCUT2D eigenvalue weighted by Crippen LogP contribution is -2.35. The molecule has 2 heterocycles. The van der Waals surface area contributed by atoms with Gasteiger partial charge in [-0.25, -0.2) is 0 Å². The standard InChI is InChI=1S/C18H33N3O2/c1-20-12-6-7-16(15-20)10-11-19-17(22)8-9-18(23)21-13-4-2-3-5-14-21/h16H,2-15H2,1H3,(H,19,22). The zero-order valence-corrected chi connectivity index (χ0v) is 14.7. The van der Waals surface area contributed by atoms with Crippen molar-refractivity contribution in [2.75, 3.05) is 39.8 Å². The molecule has 0 aliphatic carbocycles. The summed E-state index contributed by atoms with van der Waals surface area (Å²) in [6, 6.07) is 0. The number of nitrogens with one attached hydrogen (secondary N) is 1. The van der Waals surface area contributed by atoms with Crippen LogP contribution in [0.15, 0.2) is 0 Å². The van der Waals surface area contributed by atoms with Crippen molar-refractivity contribution in [1.29, 1.82) is 0 Å². The van der Waals surface area contributed by atoms with Gasteiger partial charge in [-0.05, 0) is 51.6 Å². The van der Waals surface area contributed by atoms with Gasteiger partial charge < -0.3 is 15.1 Å². The molecule has 0 radical (unpaired) electrons. The second-order valence-corrected chi connectivity index (χ2v) is 7.20. The zero-order chi connectivity index (χ0) is 16.5. The van der Waals surface area contributed by atoms with E-state index >= 15 is 0 Å². The van der Waals surface area contributed by atoms with Crippen LogP contribution in [0.25, 0.3) is 0 Å². The third-order valence-electron chi connectivity index (χ3n) is 5.12. The van der Waals surface area contributed by atoms with E-state index in [0.29, 0.717) is 18.8 Å². The molecule has 2 aliphatic rings. The summed E-state index contributed by atoms with van der Waals surface area (Å²) < 4.78 is 0. The van der Waals surface area contributed by atoms with Crippen molar-refractivity contribution in [1.82, 2.24) is 15.1 Å². The van der Waals surface area contributed by atoms with E-state index in [0.717, 1.165) is 45.4 Å². The first kappa shape index (κ1) is 18.2. The molecule has 2 aliphatic heterocycles. The number of rotatable bonds is 6. The van der Waals surface area contributed by atoms with E-state index in [1.165, 1.54) is 32.2 Å². The third-order valence-corrected chi connectivity index (χ3v) is 5.12. The summed E-state index contributed by atoms with van der Waals surface area (Å²) in [7, 11) is 2.17. The fourth-order valence-corrected chi connectivity index (χ4v) is 3.71. The highest BCUT2D eigenvalue weighted by Gasteiger charge is 2.18. The summed E-state index contributed by atoms with van der Waals surface area (Å²) in [4.78, 5) is 28.4. The maximum absolute atomic E-state index is 12.2. The normalized spacial score (nSPS) is 23.3. The topological polar surface area (TPSA) is 52.7 Å². The zero-order valence-electron chi connectivity index (χ0n) is 14.7. The predicted molar refractivity (Wildman–Crippen MR) is 92.1 cm³/mol. The Morgan fingerprint density at radius 1 is 1.00 bits per heavy atom. The Morgan fingerprint density at radius 2 is 1.74 bits per heavy atom. The second kappa shape index (κ2) is 9.91. The van der Waals surface area contributed by atoms with Crippen LogP contribution < -0.4 is 5.32 Å². The first-order chi connectivity index (χ1) is 11.1. The monoisotopic (exact) mass is 323 g/mol. The molecule has 5 heteroatoms. The fraction of sp³-hybridized carbons (Fsp3) is 0.889. The molecule has 0 saturated carbocycles. The van der Waals surface area contributed by atoms with Crippen LogP contribution in [0.4, 0.5) is 0 Å². The van der Waals surface area contributed by atoms with Crippen molar-refractivity contribution in [3.63, 3.8) is 0 Å². The molecule has 2 saturated heterocycles. The Balaban J connectivity index is 1.56. The highest BCUT2D eigenvalue weighted by molar-refractivity contribution is 5.83. The minimum atomic E-state index is 0.0253. The highest BCUT2D eigenvalue weighted by atomic mass is 16.2. The van der Waals surface area contributed by atoms with Crippen LogP contribution in [0.3, 0.4) is 0 Å². The van der Waals surface area contributed by atoms with Crippen molar-refractivity contribution < 1.29 is 9.59 Å². The van der Waals surface area contributed by atoms with E-state index in [-0.39, 0.29) is 11.8 Å². The van der Waals surface area contributed by atoms with Gasteiger partial charge in [0.25, 0.3) is 0 Å². The molecule has 2 amide bonds. The van der Waals surface area contributed by atoms with Crippen LogP contribution in [0.5, 0.6) is 0 Å². The molecule has 1 atom stereocenters. The van der Waals surface area contributed by atoms with E-state index in [1.54, 1.807) is 0 Å². The van der Waals surface area contributed by atoms with Gasteiger partial charge in [0.1, 0.15) is 0 Å². The molecule has 132 valence electrons. The van der Waals surface area contributed by atoms with Gasteiger partial charge in [-0.1, -0.05) is 12.8 Å². The predicted octanol–water partition coefficient (Wildman–Crippen LogP) is 2.02. The Labute approximate surface area is 140 Å². The molecule has 0 aromatic heterocycles. The van der Waals surface area contributed by atoms with Crippen LogP contribution in [0.1, 0.15) is 57.8 Å². The number of amides is 2. The first-order valence-electron chi connectivity index (χ1n) is 9.38. The molecule has 0 spiro atoms. The van der Waals surface area contributed by atoms with E-state index in [1.807, 2.05) is 4.90 Å². The first-order valence-corrected chi connectivity index (χ1v) is 9.38. The minimum absolute atomic E-state index is 0.0253. The maximum atomic E-state index is 12.2. The average molecular weight is 323 g/mol. The lowest BCUT2D eigenvalue weighted by Gasteiger charge is -2.29. The van der Waals surface area contributed by atoms with Crippen molar-refractivity contribution in [3.05, 3.63) is 0 Å². The van der Waals surface area contributed by atoms with E-state index < -0.39 is 0 Å². The number of hydrogen-bond acceptors (Lipinski definition) is 3. The fourth-order valence-electron chi connectivity index (χ4n) is 3.71. The van der Waals surface area contributed by atoms with Gasteiger partial charge in [0, 0.05) is 39.0 Å². The Hall–Kier alpha value is -1.10. The number of piperidine rings is 1. The molecule has 1 N–H and O–H groups in total. The van der Waals surface area contributed by atoms with Gasteiger partial charge in [0.05, 0.1) is 0 Å². The quantitative estimate of drug-likeness (QED) is 0.813. The number of likely N-dealkylation sites (tertiary alicyclic amines) is 2. The smallest absolute Gasteiger partial charge is 0.223 e. The molecule has 2 rings (SSSR count). The van der Waals surface area contributed by atoms with Crippen LogP contribution in [0, 0.1) is 5.92 Å². The summed E-state index contributed by atoms with van der Waals surface area (Å²) in [5.41, 5.74) is 0. The Kier molecular flexibility index (Phi) is 7.86. The van der Waals surface area contributed by atoms with Gasteiger partial charge in [0.2, 0.25) is 11.8 Å².